The van der Waals surface area contributed by atoms with Crippen molar-refractivity contribution >= 4 is 21.7 Å². The summed E-state index contributed by atoms with van der Waals surface area (Å²) in [5, 5.41) is 3.57. The topological polar surface area (TPSA) is 13.1 Å². The van der Waals surface area contributed by atoms with E-state index in [9.17, 15) is 0 Å². The van der Waals surface area contributed by atoms with Crippen molar-refractivity contribution in [2.45, 2.75) is 51.4 Å². The minimum atomic E-state index is 0.208. The smallest absolute Gasteiger partial charge is 0.142 e. The molecule has 0 N–H and O–H groups in total. The van der Waals surface area contributed by atoms with Gasteiger partial charge in [0.1, 0.15) is 11.3 Å². The van der Waals surface area contributed by atoms with Crippen LogP contribution in [0.5, 0.6) is 0 Å². The van der Waals surface area contributed by atoms with Crippen molar-refractivity contribution in [1.29, 1.82) is 0 Å². The Morgan fingerprint density at radius 3 is 2.22 bits per heavy atom. The zero-order valence-electron chi connectivity index (χ0n) is 16.6. The van der Waals surface area contributed by atoms with Gasteiger partial charge in [-0.05, 0) is 52.3 Å². The maximum absolute atomic E-state index is 6.38. The van der Waals surface area contributed by atoms with E-state index in [2.05, 4.69) is 88.4 Å². The van der Waals surface area contributed by atoms with Gasteiger partial charge in [0.15, 0.2) is 0 Å². The molecule has 0 unspecified atom stereocenters. The molecule has 0 saturated carbocycles. The van der Waals surface area contributed by atoms with Crippen LogP contribution in [-0.4, -0.2) is 0 Å². The summed E-state index contributed by atoms with van der Waals surface area (Å²) in [6.07, 6.45) is 2.46. The van der Waals surface area contributed by atoms with Crippen molar-refractivity contribution in [3.63, 3.8) is 0 Å². The first-order valence-electron chi connectivity index (χ1n) is 9.92. The quantitative estimate of drug-likeness (QED) is 0.343. The average molecular weight is 354 g/mol. The van der Waals surface area contributed by atoms with Gasteiger partial charge in [0.25, 0.3) is 0 Å². The van der Waals surface area contributed by atoms with Gasteiger partial charge in [-0.15, -0.1) is 0 Å². The minimum absolute atomic E-state index is 0.208. The lowest BCUT2D eigenvalue weighted by Gasteiger charge is -2.42. The molecule has 1 heteroatoms. The molecule has 1 aliphatic rings. The summed E-state index contributed by atoms with van der Waals surface area (Å²) < 4.78 is 6.38. The summed E-state index contributed by atoms with van der Waals surface area (Å²) in [6.45, 7) is 9.48. The van der Waals surface area contributed by atoms with Crippen molar-refractivity contribution < 1.29 is 4.42 Å². The SMILES string of the molecule is CC1(C)CCC(C)(C)c2cc(-c3cc4ccc5ccccc5c4o3)ccc21. The van der Waals surface area contributed by atoms with Crippen LogP contribution in [0.4, 0.5) is 0 Å². The number of hydrogen-bond acceptors (Lipinski definition) is 1. The van der Waals surface area contributed by atoms with E-state index >= 15 is 0 Å². The maximum Gasteiger partial charge on any atom is 0.142 e. The van der Waals surface area contributed by atoms with E-state index in [1.54, 1.807) is 0 Å². The lowest BCUT2D eigenvalue weighted by atomic mass is 9.63. The molecule has 0 atom stereocenters. The molecule has 5 rings (SSSR count). The fourth-order valence-corrected chi connectivity index (χ4v) is 4.65. The summed E-state index contributed by atoms with van der Waals surface area (Å²) in [7, 11) is 0. The van der Waals surface area contributed by atoms with Gasteiger partial charge in [-0.25, -0.2) is 0 Å². The Bertz CT molecular complexity index is 1170. The van der Waals surface area contributed by atoms with Crippen LogP contribution in [0.15, 0.2) is 65.1 Å². The van der Waals surface area contributed by atoms with Gasteiger partial charge >= 0.3 is 0 Å². The van der Waals surface area contributed by atoms with Crippen molar-refractivity contribution in [3.05, 3.63) is 71.8 Å². The highest BCUT2D eigenvalue weighted by Crippen LogP contribution is 2.47. The van der Waals surface area contributed by atoms with Crippen LogP contribution in [0.3, 0.4) is 0 Å². The van der Waals surface area contributed by atoms with E-state index in [1.165, 1.54) is 45.7 Å². The molecule has 0 saturated heterocycles. The zero-order chi connectivity index (χ0) is 18.8. The van der Waals surface area contributed by atoms with Crippen molar-refractivity contribution in [2.75, 3.05) is 0 Å². The molecule has 4 aromatic rings. The van der Waals surface area contributed by atoms with Gasteiger partial charge in [-0.3, -0.25) is 0 Å². The Hall–Kier alpha value is -2.54. The van der Waals surface area contributed by atoms with Gasteiger partial charge in [-0.2, -0.15) is 0 Å². The summed E-state index contributed by atoms with van der Waals surface area (Å²) in [5.41, 5.74) is 5.58. The van der Waals surface area contributed by atoms with Crippen LogP contribution in [0.2, 0.25) is 0 Å². The molecule has 1 nitrogen and oxygen atoms in total. The van der Waals surface area contributed by atoms with Crippen LogP contribution in [0.1, 0.15) is 51.7 Å². The third-order valence-corrected chi connectivity index (χ3v) is 6.55. The Morgan fingerprint density at radius 2 is 1.41 bits per heavy atom. The van der Waals surface area contributed by atoms with Gasteiger partial charge < -0.3 is 4.42 Å². The van der Waals surface area contributed by atoms with E-state index in [-0.39, 0.29) is 10.8 Å². The molecule has 27 heavy (non-hydrogen) atoms. The number of fused-ring (bicyclic) bond motifs is 4. The predicted molar refractivity (Wildman–Crippen MR) is 114 cm³/mol. The molecule has 1 aliphatic carbocycles. The first kappa shape index (κ1) is 16.6. The van der Waals surface area contributed by atoms with Crippen molar-refractivity contribution in [3.8, 4) is 11.3 Å². The Morgan fingerprint density at radius 1 is 0.704 bits per heavy atom. The Balaban J connectivity index is 1.70. The van der Waals surface area contributed by atoms with Crippen LogP contribution in [-0.2, 0) is 10.8 Å². The molecule has 0 bridgehead atoms. The second-order valence-electron chi connectivity index (χ2n) is 9.34. The number of furan rings is 1. The summed E-state index contributed by atoms with van der Waals surface area (Å²) in [6, 6.07) is 21.9. The van der Waals surface area contributed by atoms with E-state index in [1.807, 2.05) is 0 Å². The van der Waals surface area contributed by atoms with Gasteiger partial charge in [0.2, 0.25) is 0 Å². The maximum atomic E-state index is 6.38. The first-order chi connectivity index (χ1) is 12.9. The molecule has 1 heterocycles. The average Bonchev–Trinajstić information content (AvgIpc) is 3.10. The zero-order valence-corrected chi connectivity index (χ0v) is 16.6. The first-order valence-corrected chi connectivity index (χ1v) is 9.92. The van der Waals surface area contributed by atoms with Crippen LogP contribution >= 0.6 is 0 Å². The molecule has 0 spiro atoms. The standard InChI is InChI=1S/C26H26O/c1-25(2)13-14-26(3,4)22-15-18(11-12-21(22)25)23-16-19-10-9-17-7-5-6-8-20(17)24(19)27-23/h5-12,15-16H,13-14H2,1-4H3. The molecule has 0 aliphatic heterocycles. The van der Waals surface area contributed by atoms with Gasteiger partial charge in [0, 0.05) is 16.3 Å². The predicted octanol–water partition coefficient (Wildman–Crippen LogP) is 7.60. The molecule has 0 radical (unpaired) electrons. The highest BCUT2D eigenvalue weighted by molar-refractivity contribution is 6.05. The van der Waals surface area contributed by atoms with Crippen molar-refractivity contribution in [2.24, 2.45) is 0 Å². The third-order valence-electron chi connectivity index (χ3n) is 6.55. The van der Waals surface area contributed by atoms with E-state index in [0.29, 0.717) is 0 Å². The summed E-state index contributed by atoms with van der Waals surface area (Å²) in [4.78, 5) is 0. The Kier molecular flexibility index (Phi) is 3.37. The molecule has 136 valence electrons. The molecular weight excluding hydrogens is 328 g/mol. The summed E-state index contributed by atoms with van der Waals surface area (Å²) in [5.74, 6) is 0.961. The largest absolute Gasteiger partial charge is 0.455 e. The fourth-order valence-electron chi connectivity index (χ4n) is 4.65. The van der Waals surface area contributed by atoms with Gasteiger partial charge in [-0.1, -0.05) is 76.2 Å². The van der Waals surface area contributed by atoms with Crippen molar-refractivity contribution in [1.82, 2.24) is 0 Å². The van der Waals surface area contributed by atoms with E-state index < -0.39 is 0 Å². The highest BCUT2D eigenvalue weighted by atomic mass is 16.3. The molecule has 1 aromatic heterocycles. The number of benzene rings is 3. The highest BCUT2D eigenvalue weighted by Gasteiger charge is 2.37. The second-order valence-corrected chi connectivity index (χ2v) is 9.34. The van der Waals surface area contributed by atoms with E-state index in [4.69, 9.17) is 4.42 Å². The van der Waals surface area contributed by atoms with Crippen LogP contribution in [0, 0.1) is 0 Å². The summed E-state index contributed by atoms with van der Waals surface area (Å²) >= 11 is 0. The molecule has 0 amide bonds. The minimum Gasteiger partial charge on any atom is -0.455 e. The lowest BCUT2D eigenvalue weighted by molar-refractivity contribution is 0.332. The molecule has 3 aromatic carbocycles. The second kappa shape index (κ2) is 5.48. The Labute approximate surface area is 161 Å². The monoisotopic (exact) mass is 354 g/mol. The fraction of sp³-hybridized carbons (Fsp3) is 0.308. The number of rotatable bonds is 1. The number of hydrogen-bond donors (Lipinski definition) is 0. The lowest BCUT2D eigenvalue weighted by Crippen LogP contribution is -2.33. The van der Waals surface area contributed by atoms with Gasteiger partial charge in [0.05, 0.1) is 0 Å². The van der Waals surface area contributed by atoms with E-state index in [0.717, 1.165) is 11.3 Å². The normalized spacial score (nSPS) is 17.9. The van der Waals surface area contributed by atoms with Crippen LogP contribution in [0.25, 0.3) is 33.1 Å². The van der Waals surface area contributed by atoms with Crippen LogP contribution < -0.4 is 0 Å². The third kappa shape index (κ3) is 2.52. The molecule has 0 fully saturated rings. The molecular formula is C26H26O.